The van der Waals surface area contributed by atoms with Crippen molar-refractivity contribution in [3.05, 3.63) is 53.7 Å². The Balaban J connectivity index is 2.13. The molecule has 102 valence electrons. The maximum Gasteiger partial charge on any atom is 0.213 e. The molecule has 0 bridgehead atoms. The standard InChI is InChI=1S/C14H13N3O3/c15-9-8-12-13(17(18)19)6-7-14(16-12)20-10-11-4-2-1-3-5-11/h1-7,18-19H,8,10H2. The van der Waals surface area contributed by atoms with Crippen molar-refractivity contribution in [2.45, 2.75) is 13.0 Å². The third kappa shape index (κ3) is 3.45. The van der Waals surface area contributed by atoms with Gasteiger partial charge in [0.25, 0.3) is 0 Å². The van der Waals surface area contributed by atoms with Crippen LogP contribution in [-0.2, 0) is 13.0 Å². The van der Waals surface area contributed by atoms with Crippen LogP contribution in [-0.4, -0.2) is 15.4 Å². The molecule has 0 amide bonds. The summed E-state index contributed by atoms with van der Waals surface area (Å²) in [7, 11) is 0. The Morgan fingerprint density at radius 3 is 2.55 bits per heavy atom. The molecule has 0 saturated carbocycles. The Hall–Kier alpha value is -2.62. The molecule has 0 radical (unpaired) electrons. The van der Waals surface area contributed by atoms with Crippen LogP contribution < -0.4 is 9.96 Å². The highest BCUT2D eigenvalue weighted by molar-refractivity contribution is 5.48. The Morgan fingerprint density at radius 2 is 1.90 bits per heavy atom. The van der Waals surface area contributed by atoms with Gasteiger partial charge in [0.15, 0.2) is 0 Å². The van der Waals surface area contributed by atoms with Crippen LogP contribution in [0, 0.1) is 11.3 Å². The highest BCUT2D eigenvalue weighted by Gasteiger charge is 2.10. The van der Waals surface area contributed by atoms with Crippen LogP contribution in [0.4, 0.5) is 5.69 Å². The van der Waals surface area contributed by atoms with Crippen molar-refractivity contribution in [3.8, 4) is 11.9 Å². The van der Waals surface area contributed by atoms with Crippen LogP contribution in [0.1, 0.15) is 11.3 Å². The zero-order valence-electron chi connectivity index (χ0n) is 10.6. The lowest BCUT2D eigenvalue weighted by Crippen LogP contribution is -2.14. The topological polar surface area (TPSA) is 89.6 Å². The summed E-state index contributed by atoms with van der Waals surface area (Å²) < 4.78 is 5.51. The predicted molar refractivity (Wildman–Crippen MR) is 70.4 cm³/mol. The first-order chi connectivity index (χ1) is 9.70. The zero-order valence-corrected chi connectivity index (χ0v) is 10.6. The Morgan fingerprint density at radius 1 is 1.15 bits per heavy atom. The molecule has 6 heteroatoms. The maximum atomic E-state index is 9.03. The molecular weight excluding hydrogens is 258 g/mol. The lowest BCUT2D eigenvalue weighted by Gasteiger charge is -2.13. The largest absolute Gasteiger partial charge is 0.473 e. The summed E-state index contributed by atoms with van der Waals surface area (Å²) in [4.78, 5) is 4.09. The van der Waals surface area contributed by atoms with Crippen molar-refractivity contribution in [1.29, 1.82) is 5.26 Å². The highest BCUT2D eigenvalue weighted by atomic mass is 16.8. The van der Waals surface area contributed by atoms with E-state index in [2.05, 4.69) is 4.98 Å². The van der Waals surface area contributed by atoms with Gasteiger partial charge in [0, 0.05) is 6.07 Å². The lowest BCUT2D eigenvalue weighted by atomic mass is 10.2. The minimum atomic E-state index is -0.0549. The molecule has 0 aliphatic rings. The summed E-state index contributed by atoms with van der Waals surface area (Å²) in [6, 6.07) is 14.4. The zero-order chi connectivity index (χ0) is 14.4. The summed E-state index contributed by atoms with van der Waals surface area (Å²) >= 11 is 0. The number of aromatic nitrogens is 1. The second kappa shape index (κ2) is 6.52. The monoisotopic (exact) mass is 271 g/mol. The van der Waals surface area contributed by atoms with Gasteiger partial charge in [-0.15, -0.1) is 5.23 Å². The van der Waals surface area contributed by atoms with E-state index >= 15 is 0 Å². The van der Waals surface area contributed by atoms with Crippen molar-refractivity contribution >= 4 is 5.69 Å². The molecule has 1 aromatic heterocycles. The van der Waals surface area contributed by atoms with E-state index in [9.17, 15) is 0 Å². The smallest absolute Gasteiger partial charge is 0.213 e. The molecule has 0 fully saturated rings. The van der Waals surface area contributed by atoms with E-state index in [0.29, 0.717) is 12.5 Å². The number of ether oxygens (including phenoxy) is 1. The number of pyridine rings is 1. The van der Waals surface area contributed by atoms with Crippen molar-refractivity contribution in [2.75, 3.05) is 5.23 Å². The molecular formula is C14H13N3O3. The van der Waals surface area contributed by atoms with Gasteiger partial charge in [0.1, 0.15) is 12.3 Å². The van der Waals surface area contributed by atoms with Crippen LogP contribution in [0.5, 0.6) is 5.88 Å². The fourth-order valence-corrected chi connectivity index (χ4v) is 1.67. The normalized spacial score (nSPS) is 9.85. The van der Waals surface area contributed by atoms with Gasteiger partial charge in [-0.3, -0.25) is 10.4 Å². The molecule has 1 aromatic carbocycles. The SMILES string of the molecule is N#CCc1nc(OCc2ccccc2)ccc1N(O)O. The van der Waals surface area contributed by atoms with E-state index in [1.54, 1.807) is 0 Å². The number of nitriles is 1. The van der Waals surface area contributed by atoms with Crippen molar-refractivity contribution in [1.82, 2.24) is 4.98 Å². The molecule has 0 spiro atoms. The highest BCUT2D eigenvalue weighted by Crippen LogP contribution is 2.21. The van der Waals surface area contributed by atoms with Crippen molar-refractivity contribution in [2.24, 2.45) is 0 Å². The average molecular weight is 271 g/mol. The second-order valence-electron chi connectivity index (χ2n) is 4.01. The number of rotatable bonds is 5. The predicted octanol–water partition coefficient (Wildman–Crippen LogP) is 2.31. The van der Waals surface area contributed by atoms with Gasteiger partial charge in [0.05, 0.1) is 18.2 Å². The van der Waals surface area contributed by atoms with E-state index in [-0.39, 0.29) is 23.0 Å². The number of hydrogen-bond acceptors (Lipinski definition) is 6. The van der Waals surface area contributed by atoms with Gasteiger partial charge in [-0.25, -0.2) is 4.98 Å². The van der Waals surface area contributed by atoms with Crippen molar-refractivity contribution < 1.29 is 15.2 Å². The molecule has 2 N–H and O–H groups in total. The van der Waals surface area contributed by atoms with Crippen LogP contribution >= 0.6 is 0 Å². The molecule has 2 rings (SSSR count). The van der Waals surface area contributed by atoms with Crippen LogP contribution in [0.2, 0.25) is 0 Å². The number of benzene rings is 1. The minimum Gasteiger partial charge on any atom is -0.473 e. The molecule has 0 atom stereocenters. The summed E-state index contributed by atoms with van der Waals surface area (Å²) in [5.74, 6) is 0.324. The van der Waals surface area contributed by atoms with E-state index in [4.69, 9.17) is 20.4 Å². The second-order valence-corrected chi connectivity index (χ2v) is 4.01. The van der Waals surface area contributed by atoms with Gasteiger partial charge >= 0.3 is 0 Å². The van der Waals surface area contributed by atoms with E-state index in [0.717, 1.165) is 5.56 Å². The molecule has 0 unspecified atom stereocenters. The Labute approximate surface area is 116 Å². The lowest BCUT2D eigenvalue weighted by molar-refractivity contribution is 0.0285. The number of anilines is 1. The maximum absolute atomic E-state index is 9.03. The molecule has 0 saturated heterocycles. The Bertz CT molecular complexity index is 609. The summed E-state index contributed by atoms with van der Waals surface area (Å²) in [5.41, 5.74) is 1.29. The molecule has 0 aliphatic carbocycles. The molecule has 0 aliphatic heterocycles. The average Bonchev–Trinajstić information content (AvgIpc) is 2.46. The first kappa shape index (κ1) is 13.8. The molecule has 2 aromatic rings. The first-order valence-corrected chi connectivity index (χ1v) is 5.92. The van der Waals surface area contributed by atoms with Gasteiger partial charge < -0.3 is 4.74 Å². The molecule has 20 heavy (non-hydrogen) atoms. The minimum absolute atomic E-state index is 0.0461. The fourth-order valence-electron chi connectivity index (χ4n) is 1.67. The quantitative estimate of drug-likeness (QED) is 0.811. The van der Waals surface area contributed by atoms with E-state index < -0.39 is 0 Å². The summed E-state index contributed by atoms with van der Waals surface area (Å²) in [6.45, 7) is 0.348. The Kier molecular flexibility index (Phi) is 4.50. The van der Waals surface area contributed by atoms with Gasteiger partial charge in [0.2, 0.25) is 5.88 Å². The summed E-state index contributed by atoms with van der Waals surface area (Å²) in [5, 5.41) is 26.7. The molecule has 1 heterocycles. The first-order valence-electron chi connectivity index (χ1n) is 5.92. The number of nitrogens with zero attached hydrogens (tertiary/aromatic N) is 3. The van der Waals surface area contributed by atoms with Crippen LogP contribution in [0.25, 0.3) is 0 Å². The van der Waals surface area contributed by atoms with Gasteiger partial charge in [-0.1, -0.05) is 30.3 Å². The van der Waals surface area contributed by atoms with E-state index in [1.165, 1.54) is 12.1 Å². The van der Waals surface area contributed by atoms with Crippen LogP contribution in [0.3, 0.4) is 0 Å². The van der Waals surface area contributed by atoms with Crippen LogP contribution in [0.15, 0.2) is 42.5 Å². The van der Waals surface area contributed by atoms with Gasteiger partial charge in [-0.05, 0) is 11.6 Å². The van der Waals surface area contributed by atoms with Gasteiger partial charge in [-0.2, -0.15) is 5.26 Å². The fraction of sp³-hybridized carbons (Fsp3) is 0.143. The third-order valence-electron chi connectivity index (χ3n) is 2.62. The van der Waals surface area contributed by atoms with E-state index in [1.807, 2.05) is 36.4 Å². The summed E-state index contributed by atoms with van der Waals surface area (Å²) in [6.07, 6.45) is -0.0461. The number of hydrogen-bond donors (Lipinski definition) is 2. The van der Waals surface area contributed by atoms with Crippen molar-refractivity contribution in [3.63, 3.8) is 0 Å². The molecule has 6 nitrogen and oxygen atoms in total. The third-order valence-corrected chi connectivity index (χ3v) is 2.62.